The number of nitrogens with one attached hydrogen (secondary N) is 2. The lowest BCUT2D eigenvalue weighted by molar-refractivity contribution is 0.0839. The molecule has 0 saturated carbocycles. The first-order chi connectivity index (χ1) is 23.1. The molecule has 2 aromatic rings. The van der Waals surface area contributed by atoms with Gasteiger partial charge in [-0.15, -0.1) is 0 Å². The normalized spacial score (nSPS) is 12.9. The quantitative estimate of drug-likeness (QED) is 0.0894. The first kappa shape index (κ1) is 38.8. The molecule has 3 rings (SSSR count). The summed E-state index contributed by atoms with van der Waals surface area (Å²) in [6, 6.07) is 0. The molecule has 266 valence electrons. The Balaban J connectivity index is 1.34. The second-order valence-electron chi connectivity index (χ2n) is 14.2. The maximum absolute atomic E-state index is 13.4. The molecule has 3 heterocycles. The summed E-state index contributed by atoms with van der Waals surface area (Å²) in [5, 5.41) is 3.17. The molecule has 1 aliphatic heterocycles. The van der Waals surface area contributed by atoms with E-state index in [-0.39, 0.29) is 17.5 Å². The van der Waals surface area contributed by atoms with Gasteiger partial charge in [-0.2, -0.15) is 0 Å². The Bertz CT molecular complexity index is 1210. The van der Waals surface area contributed by atoms with Crippen LogP contribution in [0.25, 0.3) is 11.4 Å². The fourth-order valence-corrected chi connectivity index (χ4v) is 6.90. The largest absolute Gasteiger partial charge is 0.330 e. The minimum Gasteiger partial charge on any atom is -0.330 e. The van der Waals surface area contributed by atoms with E-state index in [1.807, 2.05) is 6.92 Å². The Morgan fingerprint density at radius 1 is 0.702 bits per heavy atom. The number of carbonyl (C=O) groups excluding carboxylic acids is 1. The predicted molar refractivity (Wildman–Crippen MR) is 199 cm³/mol. The second kappa shape index (κ2) is 23.6. The summed E-state index contributed by atoms with van der Waals surface area (Å²) >= 11 is 0. The van der Waals surface area contributed by atoms with Crippen LogP contribution in [0.3, 0.4) is 0 Å². The first-order valence-electron chi connectivity index (χ1n) is 19.8. The molecule has 0 fully saturated rings. The van der Waals surface area contributed by atoms with Gasteiger partial charge in [0, 0.05) is 12.5 Å². The van der Waals surface area contributed by atoms with Crippen molar-refractivity contribution < 1.29 is 4.79 Å². The molecule has 1 unspecified atom stereocenters. The van der Waals surface area contributed by atoms with Gasteiger partial charge in [0.15, 0.2) is 5.82 Å². The van der Waals surface area contributed by atoms with Crippen LogP contribution < -0.4 is 11.0 Å². The van der Waals surface area contributed by atoms with E-state index < -0.39 is 0 Å². The van der Waals surface area contributed by atoms with Gasteiger partial charge in [0.2, 0.25) is 5.91 Å². The molecule has 0 spiro atoms. The van der Waals surface area contributed by atoms with E-state index in [1.165, 1.54) is 141 Å². The summed E-state index contributed by atoms with van der Waals surface area (Å²) in [6.07, 6.45) is 36.7. The third-order valence-corrected chi connectivity index (χ3v) is 9.98. The van der Waals surface area contributed by atoms with E-state index in [2.05, 4.69) is 34.1 Å². The van der Waals surface area contributed by atoms with Crippen molar-refractivity contribution >= 4 is 23.9 Å². The van der Waals surface area contributed by atoms with E-state index >= 15 is 0 Å². The fraction of sp³-hybridized carbons (Fsp3) is 0.795. The van der Waals surface area contributed by atoms with E-state index in [0.29, 0.717) is 29.6 Å². The number of anilines is 1. The molecule has 0 bridgehead atoms. The molecule has 8 nitrogen and oxygen atoms in total. The van der Waals surface area contributed by atoms with Crippen LogP contribution in [0.5, 0.6) is 0 Å². The second-order valence-corrected chi connectivity index (χ2v) is 14.2. The lowest BCUT2D eigenvalue weighted by Gasteiger charge is -2.13. The van der Waals surface area contributed by atoms with Crippen LogP contribution in [0.15, 0.2) is 16.1 Å². The maximum atomic E-state index is 13.4. The van der Waals surface area contributed by atoms with Gasteiger partial charge in [0.1, 0.15) is 23.5 Å². The van der Waals surface area contributed by atoms with Gasteiger partial charge in [-0.1, -0.05) is 175 Å². The molecule has 1 aliphatic rings. The number of imidazole rings is 2. The molecule has 2 N–H and O–H groups in total. The first-order valence-corrected chi connectivity index (χ1v) is 19.8. The number of H-pyrrole nitrogens is 1. The summed E-state index contributed by atoms with van der Waals surface area (Å²) in [5.74, 6) is 1.09. The van der Waals surface area contributed by atoms with Crippen molar-refractivity contribution in [1.29, 1.82) is 0 Å². The zero-order valence-corrected chi connectivity index (χ0v) is 30.4. The number of hydrogen-bond donors (Lipinski definition) is 2. The fourth-order valence-electron chi connectivity index (χ4n) is 6.90. The van der Waals surface area contributed by atoms with Gasteiger partial charge < -0.3 is 10.3 Å². The van der Waals surface area contributed by atoms with Gasteiger partial charge >= 0.3 is 5.69 Å². The molecule has 8 heteroatoms. The number of fused-ring (bicyclic) bond motifs is 3. The van der Waals surface area contributed by atoms with E-state index in [0.717, 1.165) is 25.7 Å². The Labute approximate surface area is 286 Å². The highest BCUT2D eigenvalue weighted by molar-refractivity contribution is 5.95. The van der Waals surface area contributed by atoms with Crippen molar-refractivity contribution in [2.24, 2.45) is 10.9 Å². The number of nitrogens with zero attached hydrogens (tertiary/aromatic N) is 4. The SMILES string of the molecule is CCCCCCCCCCCCCCCCCCn1c2c([nH]c1=O)-c1ncn(C(=O)C(C)CCCCCCCCCCC)c1NC=N2. The smallest absolute Gasteiger partial charge is 0.327 e. The zero-order chi connectivity index (χ0) is 33.5. The minimum atomic E-state index is -0.166. The highest BCUT2D eigenvalue weighted by atomic mass is 16.2. The van der Waals surface area contributed by atoms with E-state index in [9.17, 15) is 9.59 Å². The number of aliphatic imine (C=N–C) groups is 1. The van der Waals surface area contributed by atoms with Crippen LogP contribution in [0.4, 0.5) is 11.6 Å². The standard InChI is InChI=1S/C39H68N6O2/c1-4-6-8-10-12-14-15-16-17-18-19-20-22-24-26-28-30-44-37-35(43-39(44)47)34-36(40-31-41-37)45(32-42-34)38(46)33(3)29-27-25-23-21-13-11-9-7-5-2/h31-33H,4-30H2,1-3H3,(H,40,41)(H,43,47). The summed E-state index contributed by atoms with van der Waals surface area (Å²) in [5.41, 5.74) is 0.991. The third-order valence-electron chi connectivity index (χ3n) is 9.98. The molecule has 2 aromatic heterocycles. The Morgan fingerprint density at radius 3 is 1.68 bits per heavy atom. The number of aromatic amines is 1. The van der Waals surface area contributed by atoms with Gasteiger partial charge in [0.25, 0.3) is 0 Å². The molecule has 0 amide bonds. The average molecular weight is 653 g/mol. The van der Waals surface area contributed by atoms with Crippen LogP contribution in [-0.2, 0) is 6.54 Å². The van der Waals surface area contributed by atoms with E-state index in [1.54, 1.807) is 21.8 Å². The Kier molecular flexibility index (Phi) is 19.5. The Morgan fingerprint density at radius 2 is 1.17 bits per heavy atom. The summed E-state index contributed by atoms with van der Waals surface area (Å²) in [6.45, 7) is 7.17. The van der Waals surface area contributed by atoms with Crippen molar-refractivity contribution in [1.82, 2.24) is 19.1 Å². The van der Waals surface area contributed by atoms with E-state index in [4.69, 9.17) is 0 Å². The van der Waals surface area contributed by atoms with Crippen molar-refractivity contribution in [3.8, 4) is 11.4 Å². The molecular weight excluding hydrogens is 584 g/mol. The van der Waals surface area contributed by atoms with Crippen LogP contribution in [0.1, 0.15) is 193 Å². The Hall–Kier alpha value is -2.64. The average Bonchev–Trinajstić information content (AvgIpc) is 3.57. The lowest BCUT2D eigenvalue weighted by Crippen LogP contribution is -2.21. The van der Waals surface area contributed by atoms with Crippen LogP contribution in [0.2, 0.25) is 0 Å². The number of carbonyl (C=O) groups is 1. The van der Waals surface area contributed by atoms with Gasteiger partial charge in [0.05, 0.1) is 6.34 Å². The van der Waals surface area contributed by atoms with Gasteiger partial charge in [-0.05, 0) is 12.8 Å². The molecule has 1 atom stereocenters. The topological polar surface area (TPSA) is 97.1 Å². The molecule has 0 aromatic carbocycles. The molecular formula is C39H68N6O2. The molecule has 0 radical (unpaired) electrons. The lowest BCUT2D eigenvalue weighted by atomic mass is 10.0. The van der Waals surface area contributed by atoms with Crippen molar-refractivity contribution in [2.75, 3.05) is 5.32 Å². The van der Waals surface area contributed by atoms with Gasteiger partial charge in [-0.3, -0.25) is 13.9 Å². The van der Waals surface area contributed by atoms with Crippen LogP contribution in [-0.4, -0.2) is 31.3 Å². The molecule has 47 heavy (non-hydrogen) atoms. The number of hydrogen-bond acceptors (Lipinski definition) is 5. The van der Waals surface area contributed by atoms with Crippen molar-refractivity contribution in [2.45, 2.75) is 194 Å². The van der Waals surface area contributed by atoms with Crippen molar-refractivity contribution in [3.63, 3.8) is 0 Å². The van der Waals surface area contributed by atoms with Gasteiger partial charge in [-0.25, -0.2) is 14.8 Å². The molecule has 0 aliphatic carbocycles. The monoisotopic (exact) mass is 653 g/mol. The predicted octanol–water partition coefficient (Wildman–Crippen LogP) is 11.6. The number of rotatable bonds is 28. The van der Waals surface area contributed by atoms with Crippen LogP contribution >= 0.6 is 0 Å². The summed E-state index contributed by atoms with van der Waals surface area (Å²) in [4.78, 5) is 38.4. The minimum absolute atomic E-state index is 0.0256. The summed E-state index contributed by atoms with van der Waals surface area (Å²) < 4.78 is 3.32. The number of unbranched alkanes of at least 4 members (excludes halogenated alkanes) is 23. The van der Waals surface area contributed by atoms with Crippen molar-refractivity contribution in [3.05, 3.63) is 16.8 Å². The zero-order valence-electron chi connectivity index (χ0n) is 30.4. The number of aromatic nitrogens is 4. The highest BCUT2D eigenvalue weighted by Gasteiger charge is 2.26. The maximum Gasteiger partial charge on any atom is 0.327 e. The highest BCUT2D eigenvalue weighted by Crippen LogP contribution is 2.34. The third kappa shape index (κ3) is 13.8. The van der Waals surface area contributed by atoms with Crippen LogP contribution in [0, 0.1) is 5.92 Å². The summed E-state index contributed by atoms with van der Waals surface area (Å²) in [7, 11) is 0. The molecule has 0 saturated heterocycles.